The predicted molar refractivity (Wildman–Crippen MR) is 107 cm³/mol. The highest BCUT2D eigenvalue weighted by molar-refractivity contribution is 5.94. The molecule has 0 spiro atoms. The summed E-state index contributed by atoms with van der Waals surface area (Å²) < 4.78 is 0. The Morgan fingerprint density at radius 1 is 0.926 bits per heavy atom. The summed E-state index contributed by atoms with van der Waals surface area (Å²) in [5.74, 6) is -1.28. The van der Waals surface area contributed by atoms with E-state index in [1.165, 1.54) is 0 Å². The third kappa shape index (κ3) is 3.54. The second kappa shape index (κ2) is 7.06. The van der Waals surface area contributed by atoms with Gasteiger partial charge in [0.25, 0.3) is 0 Å². The number of hydrogen-bond donors (Lipinski definition) is 3. The molecule has 142 valence electrons. The topological polar surface area (TPSA) is 78.4 Å². The van der Waals surface area contributed by atoms with E-state index in [9.17, 15) is 14.7 Å². The summed E-state index contributed by atoms with van der Waals surface area (Å²) in [6.07, 6.45) is 1.09. The molecule has 1 aliphatic carbocycles. The van der Waals surface area contributed by atoms with Gasteiger partial charge in [-0.25, -0.2) is 0 Å². The van der Waals surface area contributed by atoms with Gasteiger partial charge in [0.05, 0.1) is 5.41 Å². The Kier molecular flexibility index (Phi) is 4.96. The fraction of sp³-hybridized carbons (Fsp3) is 0.364. The Balaban J connectivity index is 1.67. The largest absolute Gasteiger partial charge is 0.481 e. The van der Waals surface area contributed by atoms with Crippen molar-refractivity contribution in [2.45, 2.75) is 33.6 Å². The Bertz CT molecular complexity index is 830. The van der Waals surface area contributed by atoms with Gasteiger partial charge in [-0.1, -0.05) is 32.0 Å². The molecule has 3 N–H and O–H groups in total. The summed E-state index contributed by atoms with van der Waals surface area (Å²) in [7, 11) is 0. The molecule has 1 amide bonds. The van der Waals surface area contributed by atoms with E-state index in [0.717, 1.165) is 11.4 Å². The number of hydrogen-bond acceptors (Lipinski definition) is 3. The highest BCUT2D eigenvalue weighted by atomic mass is 16.4. The van der Waals surface area contributed by atoms with Gasteiger partial charge < -0.3 is 15.7 Å². The van der Waals surface area contributed by atoms with Crippen LogP contribution in [0.15, 0.2) is 54.6 Å². The van der Waals surface area contributed by atoms with Crippen LogP contribution >= 0.6 is 0 Å². The highest BCUT2D eigenvalue weighted by Crippen LogP contribution is 2.56. The molecule has 1 fully saturated rings. The SMILES string of the molecule is CC1(C(=O)O)CCC(C(=O)Nc2ccc(Nc3ccccc3)cc2)C1(C)C. The Morgan fingerprint density at radius 2 is 1.48 bits per heavy atom. The summed E-state index contributed by atoms with van der Waals surface area (Å²) in [5.41, 5.74) is 1.13. The van der Waals surface area contributed by atoms with Crippen molar-refractivity contribution in [2.75, 3.05) is 10.6 Å². The standard InChI is InChI=1S/C22H26N2O3/c1-21(2)18(13-14-22(21,3)20(26)27)19(25)24-17-11-9-16(10-12-17)23-15-7-5-4-6-8-15/h4-12,18,23H,13-14H2,1-3H3,(H,24,25)(H,26,27). The first kappa shape index (κ1) is 19.0. The summed E-state index contributed by atoms with van der Waals surface area (Å²) in [4.78, 5) is 24.5. The van der Waals surface area contributed by atoms with E-state index in [0.29, 0.717) is 18.5 Å². The lowest BCUT2D eigenvalue weighted by Crippen LogP contribution is -2.43. The maximum absolute atomic E-state index is 12.8. The van der Waals surface area contributed by atoms with E-state index in [-0.39, 0.29) is 11.8 Å². The molecule has 5 heteroatoms. The van der Waals surface area contributed by atoms with Gasteiger partial charge in [0.2, 0.25) is 5.91 Å². The van der Waals surface area contributed by atoms with Gasteiger partial charge in [0.15, 0.2) is 0 Å². The second-order valence-electron chi connectivity index (χ2n) is 8.01. The molecule has 5 nitrogen and oxygen atoms in total. The molecule has 0 radical (unpaired) electrons. The van der Waals surface area contributed by atoms with Crippen molar-refractivity contribution in [3.63, 3.8) is 0 Å². The van der Waals surface area contributed by atoms with Crippen LogP contribution in [0.5, 0.6) is 0 Å². The number of benzene rings is 2. The third-order valence-corrected chi connectivity index (χ3v) is 6.23. The quantitative estimate of drug-likeness (QED) is 0.703. The molecule has 0 bridgehead atoms. The average molecular weight is 366 g/mol. The lowest BCUT2D eigenvalue weighted by molar-refractivity contribution is -0.154. The lowest BCUT2D eigenvalue weighted by Gasteiger charge is -2.37. The zero-order chi connectivity index (χ0) is 19.7. The first-order valence-corrected chi connectivity index (χ1v) is 9.20. The number of anilines is 3. The molecule has 27 heavy (non-hydrogen) atoms. The molecule has 1 aliphatic rings. The molecule has 2 aromatic rings. The van der Waals surface area contributed by atoms with E-state index >= 15 is 0 Å². The summed E-state index contributed by atoms with van der Waals surface area (Å²) in [6, 6.07) is 17.4. The normalized spacial score (nSPS) is 23.6. The van der Waals surface area contributed by atoms with Crippen LogP contribution in [0.4, 0.5) is 17.1 Å². The summed E-state index contributed by atoms with van der Waals surface area (Å²) >= 11 is 0. The molecule has 0 heterocycles. The van der Waals surface area contributed by atoms with Gasteiger partial charge in [-0.05, 0) is 61.6 Å². The van der Waals surface area contributed by atoms with Crippen LogP contribution in [-0.4, -0.2) is 17.0 Å². The van der Waals surface area contributed by atoms with Crippen molar-refractivity contribution >= 4 is 28.9 Å². The van der Waals surface area contributed by atoms with E-state index in [1.54, 1.807) is 6.92 Å². The Labute approximate surface area is 159 Å². The van der Waals surface area contributed by atoms with Gasteiger partial charge >= 0.3 is 5.97 Å². The second-order valence-corrected chi connectivity index (χ2v) is 8.01. The number of carbonyl (C=O) groups excluding carboxylic acids is 1. The number of amides is 1. The van der Waals surface area contributed by atoms with Gasteiger partial charge in [0.1, 0.15) is 0 Å². The number of carboxylic acids is 1. The maximum Gasteiger partial charge on any atom is 0.309 e. The Morgan fingerprint density at radius 3 is 2.04 bits per heavy atom. The van der Waals surface area contributed by atoms with E-state index in [2.05, 4.69) is 10.6 Å². The van der Waals surface area contributed by atoms with Crippen molar-refractivity contribution in [1.82, 2.24) is 0 Å². The molecule has 2 atom stereocenters. The smallest absolute Gasteiger partial charge is 0.309 e. The summed E-state index contributed by atoms with van der Waals surface area (Å²) in [6.45, 7) is 5.50. The minimum absolute atomic E-state index is 0.117. The van der Waals surface area contributed by atoms with Crippen LogP contribution in [0.1, 0.15) is 33.6 Å². The molecule has 3 rings (SSSR count). The zero-order valence-corrected chi connectivity index (χ0v) is 16.0. The van der Waals surface area contributed by atoms with Gasteiger partial charge in [-0.15, -0.1) is 0 Å². The molecule has 2 aromatic carbocycles. The molecule has 0 aliphatic heterocycles. The number of para-hydroxylation sites is 1. The minimum Gasteiger partial charge on any atom is -0.481 e. The van der Waals surface area contributed by atoms with Crippen LogP contribution in [0.25, 0.3) is 0 Å². The first-order valence-electron chi connectivity index (χ1n) is 9.20. The van der Waals surface area contributed by atoms with Crippen molar-refractivity contribution in [1.29, 1.82) is 0 Å². The number of nitrogens with one attached hydrogen (secondary N) is 2. The molecular weight excluding hydrogens is 340 g/mol. The lowest BCUT2D eigenvalue weighted by atomic mass is 9.65. The minimum atomic E-state index is -0.890. The van der Waals surface area contributed by atoms with E-state index in [4.69, 9.17) is 0 Å². The summed E-state index contributed by atoms with van der Waals surface area (Å²) in [5, 5.41) is 15.9. The third-order valence-electron chi connectivity index (χ3n) is 6.23. The monoisotopic (exact) mass is 366 g/mol. The molecule has 0 aromatic heterocycles. The van der Waals surface area contributed by atoms with Crippen LogP contribution in [0.2, 0.25) is 0 Å². The average Bonchev–Trinajstić information content (AvgIpc) is 2.88. The number of carboxylic acid groups (broad SMARTS) is 1. The number of carbonyl (C=O) groups is 2. The fourth-order valence-corrected chi connectivity index (χ4v) is 3.90. The molecule has 0 saturated heterocycles. The van der Waals surface area contributed by atoms with Crippen LogP contribution in [0.3, 0.4) is 0 Å². The van der Waals surface area contributed by atoms with Crippen molar-refractivity contribution < 1.29 is 14.7 Å². The van der Waals surface area contributed by atoms with Gasteiger partial charge in [0, 0.05) is 23.0 Å². The van der Waals surface area contributed by atoms with Crippen molar-refractivity contribution in [3.05, 3.63) is 54.6 Å². The highest BCUT2D eigenvalue weighted by Gasteiger charge is 2.58. The van der Waals surface area contributed by atoms with Crippen molar-refractivity contribution in [3.8, 4) is 0 Å². The zero-order valence-electron chi connectivity index (χ0n) is 16.0. The fourth-order valence-electron chi connectivity index (χ4n) is 3.90. The van der Waals surface area contributed by atoms with Crippen LogP contribution in [0, 0.1) is 16.7 Å². The Hall–Kier alpha value is -2.82. The number of aliphatic carboxylic acids is 1. The van der Waals surface area contributed by atoms with Crippen LogP contribution in [-0.2, 0) is 9.59 Å². The molecule has 2 unspecified atom stereocenters. The molecule has 1 saturated carbocycles. The van der Waals surface area contributed by atoms with Gasteiger partial charge in [-0.2, -0.15) is 0 Å². The van der Waals surface area contributed by atoms with E-state index < -0.39 is 16.8 Å². The van der Waals surface area contributed by atoms with E-state index in [1.807, 2.05) is 68.4 Å². The first-order chi connectivity index (χ1) is 12.7. The predicted octanol–water partition coefficient (Wildman–Crippen LogP) is 4.90. The maximum atomic E-state index is 12.8. The van der Waals surface area contributed by atoms with Gasteiger partial charge in [-0.3, -0.25) is 9.59 Å². The van der Waals surface area contributed by atoms with Crippen molar-refractivity contribution in [2.24, 2.45) is 16.7 Å². The molecular formula is C22H26N2O3. The number of rotatable bonds is 5. The van der Waals surface area contributed by atoms with Crippen LogP contribution < -0.4 is 10.6 Å².